The zero-order chi connectivity index (χ0) is 13.6. The first kappa shape index (κ1) is 15.0. The van der Waals surface area contributed by atoms with Crippen molar-refractivity contribution in [3.8, 4) is 0 Å². The van der Waals surface area contributed by atoms with Gasteiger partial charge in [-0.15, -0.1) is 0 Å². The van der Waals surface area contributed by atoms with E-state index in [1.807, 2.05) is 12.1 Å². The number of anilines is 1. The molecule has 0 saturated carbocycles. The highest BCUT2D eigenvalue weighted by Gasteiger charge is 2.12. The predicted octanol–water partition coefficient (Wildman–Crippen LogP) is 2.59. The van der Waals surface area contributed by atoms with Gasteiger partial charge in [-0.2, -0.15) is 0 Å². The van der Waals surface area contributed by atoms with Crippen LogP contribution in [-0.2, 0) is 10.0 Å². The van der Waals surface area contributed by atoms with Crippen molar-refractivity contribution >= 4 is 15.7 Å². The molecule has 0 saturated heterocycles. The van der Waals surface area contributed by atoms with E-state index in [1.165, 1.54) is 0 Å². The van der Waals surface area contributed by atoms with Crippen molar-refractivity contribution in [2.24, 2.45) is 0 Å². The molecule has 2 N–H and O–H groups in total. The van der Waals surface area contributed by atoms with Crippen LogP contribution in [-0.4, -0.2) is 21.0 Å². The number of hydrogen-bond donors (Lipinski definition) is 2. The second-order valence-electron chi connectivity index (χ2n) is 4.18. The number of benzene rings is 1. The zero-order valence-corrected chi connectivity index (χ0v) is 12.0. The van der Waals surface area contributed by atoms with Crippen LogP contribution in [0.3, 0.4) is 0 Å². The smallest absolute Gasteiger partial charge is 0.240 e. The summed E-state index contributed by atoms with van der Waals surface area (Å²) in [5, 5.41) is 3.37. The molecule has 0 aliphatic rings. The number of hydrogen-bond acceptors (Lipinski definition) is 3. The minimum atomic E-state index is -3.34. The number of rotatable bonds is 7. The molecule has 1 rings (SSSR count). The normalized spacial score (nSPS) is 11.8. The van der Waals surface area contributed by atoms with Crippen molar-refractivity contribution in [3.05, 3.63) is 24.3 Å². The maximum absolute atomic E-state index is 11.7. The molecule has 5 heteroatoms. The van der Waals surface area contributed by atoms with Crippen molar-refractivity contribution < 1.29 is 8.42 Å². The SMILES string of the molecule is CCNS(=O)(=O)c1ccc(NC(CC)CC)cc1. The lowest BCUT2D eigenvalue weighted by atomic mass is 10.1. The van der Waals surface area contributed by atoms with Crippen molar-refractivity contribution in [2.45, 2.75) is 44.6 Å². The van der Waals surface area contributed by atoms with E-state index in [2.05, 4.69) is 23.9 Å². The monoisotopic (exact) mass is 270 g/mol. The fraction of sp³-hybridized carbons (Fsp3) is 0.538. The van der Waals surface area contributed by atoms with Gasteiger partial charge in [-0.1, -0.05) is 20.8 Å². The lowest BCUT2D eigenvalue weighted by Crippen LogP contribution is -2.23. The highest BCUT2D eigenvalue weighted by atomic mass is 32.2. The van der Waals surface area contributed by atoms with Crippen LogP contribution in [0.1, 0.15) is 33.6 Å². The van der Waals surface area contributed by atoms with Crippen LogP contribution >= 0.6 is 0 Å². The quantitative estimate of drug-likeness (QED) is 0.800. The minimum Gasteiger partial charge on any atom is -0.382 e. The van der Waals surface area contributed by atoms with Crippen LogP contribution in [0, 0.1) is 0 Å². The van der Waals surface area contributed by atoms with Crippen LogP contribution < -0.4 is 10.0 Å². The molecular weight excluding hydrogens is 248 g/mol. The van der Waals surface area contributed by atoms with E-state index >= 15 is 0 Å². The summed E-state index contributed by atoms with van der Waals surface area (Å²) < 4.78 is 26.0. The van der Waals surface area contributed by atoms with Crippen LogP contribution in [0.4, 0.5) is 5.69 Å². The van der Waals surface area contributed by atoms with Crippen LogP contribution in [0.15, 0.2) is 29.2 Å². The topological polar surface area (TPSA) is 58.2 Å². The summed E-state index contributed by atoms with van der Waals surface area (Å²) in [6.45, 7) is 6.42. The van der Waals surface area contributed by atoms with Crippen LogP contribution in [0.25, 0.3) is 0 Å². The van der Waals surface area contributed by atoms with E-state index in [9.17, 15) is 8.42 Å². The van der Waals surface area contributed by atoms with Gasteiger partial charge in [0.15, 0.2) is 0 Å². The van der Waals surface area contributed by atoms with Gasteiger partial charge in [-0.3, -0.25) is 0 Å². The van der Waals surface area contributed by atoms with Gasteiger partial charge in [-0.25, -0.2) is 13.1 Å². The van der Waals surface area contributed by atoms with E-state index in [1.54, 1.807) is 19.1 Å². The van der Waals surface area contributed by atoms with Gasteiger partial charge in [0, 0.05) is 18.3 Å². The van der Waals surface area contributed by atoms with E-state index in [4.69, 9.17) is 0 Å². The Hall–Kier alpha value is -1.07. The van der Waals surface area contributed by atoms with Gasteiger partial charge in [-0.05, 0) is 37.1 Å². The fourth-order valence-electron chi connectivity index (χ4n) is 1.73. The highest BCUT2D eigenvalue weighted by molar-refractivity contribution is 7.89. The Bertz CT molecular complexity index is 450. The third-order valence-electron chi connectivity index (χ3n) is 2.86. The Kier molecular flexibility index (Phi) is 5.62. The van der Waals surface area contributed by atoms with Crippen molar-refractivity contribution in [1.29, 1.82) is 0 Å². The third kappa shape index (κ3) is 3.99. The van der Waals surface area contributed by atoms with E-state index in [-0.39, 0.29) is 0 Å². The lowest BCUT2D eigenvalue weighted by Gasteiger charge is -2.16. The first-order valence-electron chi connectivity index (χ1n) is 6.39. The lowest BCUT2D eigenvalue weighted by molar-refractivity contribution is 0.584. The summed E-state index contributed by atoms with van der Waals surface area (Å²) in [4.78, 5) is 0.305. The van der Waals surface area contributed by atoms with Crippen molar-refractivity contribution in [2.75, 3.05) is 11.9 Å². The van der Waals surface area contributed by atoms with E-state index < -0.39 is 10.0 Å². The molecule has 0 heterocycles. The third-order valence-corrected chi connectivity index (χ3v) is 4.42. The largest absolute Gasteiger partial charge is 0.382 e. The van der Waals surface area contributed by atoms with Gasteiger partial charge in [0.2, 0.25) is 10.0 Å². The summed E-state index contributed by atoms with van der Waals surface area (Å²) in [6.07, 6.45) is 2.10. The summed E-state index contributed by atoms with van der Waals surface area (Å²) in [6, 6.07) is 7.30. The predicted molar refractivity (Wildman–Crippen MR) is 75.3 cm³/mol. The molecule has 0 fully saturated rings. The maximum atomic E-state index is 11.7. The summed E-state index contributed by atoms with van der Waals surface area (Å²) >= 11 is 0. The minimum absolute atomic E-state index is 0.305. The first-order chi connectivity index (χ1) is 8.53. The van der Waals surface area contributed by atoms with Crippen molar-refractivity contribution in [1.82, 2.24) is 4.72 Å². The summed E-state index contributed by atoms with van der Waals surface area (Å²) in [5.74, 6) is 0. The van der Waals surface area contributed by atoms with Gasteiger partial charge in [0.25, 0.3) is 0 Å². The molecule has 0 aliphatic heterocycles. The van der Waals surface area contributed by atoms with E-state index in [0.29, 0.717) is 17.5 Å². The van der Waals surface area contributed by atoms with Gasteiger partial charge < -0.3 is 5.32 Å². The Balaban J connectivity index is 2.80. The Labute approximate surface area is 110 Å². The Morgan fingerprint density at radius 2 is 1.61 bits per heavy atom. The molecule has 0 bridgehead atoms. The van der Waals surface area contributed by atoms with Gasteiger partial charge in [0.05, 0.1) is 4.90 Å². The molecule has 1 aromatic carbocycles. The maximum Gasteiger partial charge on any atom is 0.240 e. The molecule has 1 aromatic rings. The summed E-state index contributed by atoms with van der Waals surface area (Å²) in [7, 11) is -3.34. The second kappa shape index (κ2) is 6.75. The molecule has 0 unspecified atom stereocenters. The molecule has 18 heavy (non-hydrogen) atoms. The molecule has 0 spiro atoms. The number of sulfonamides is 1. The molecule has 4 nitrogen and oxygen atoms in total. The zero-order valence-electron chi connectivity index (χ0n) is 11.2. The standard InChI is InChI=1S/C13H22N2O2S/c1-4-11(5-2)15-12-7-9-13(10-8-12)18(16,17)14-6-3/h7-11,14-15H,4-6H2,1-3H3. The molecular formula is C13H22N2O2S. The molecule has 0 aromatic heterocycles. The first-order valence-corrected chi connectivity index (χ1v) is 7.88. The molecule has 0 aliphatic carbocycles. The summed E-state index contributed by atoms with van der Waals surface area (Å²) in [5.41, 5.74) is 0.958. The molecule has 102 valence electrons. The second-order valence-corrected chi connectivity index (χ2v) is 5.95. The Morgan fingerprint density at radius 1 is 1.06 bits per heavy atom. The Morgan fingerprint density at radius 3 is 2.06 bits per heavy atom. The van der Waals surface area contributed by atoms with E-state index in [0.717, 1.165) is 18.5 Å². The van der Waals surface area contributed by atoms with Crippen LogP contribution in [0.5, 0.6) is 0 Å². The van der Waals surface area contributed by atoms with Crippen LogP contribution in [0.2, 0.25) is 0 Å². The highest BCUT2D eigenvalue weighted by Crippen LogP contribution is 2.16. The molecule has 0 atom stereocenters. The van der Waals surface area contributed by atoms with Gasteiger partial charge in [0.1, 0.15) is 0 Å². The molecule has 0 radical (unpaired) electrons. The fourth-order valence-corrected chi connectivity index (χ4v) is 2.77. The number of nitrogens with one attached hydrogen (secondary N) is 2. The van der Waals surface area contributed by atoms with Crippen molar-refractivity contribution in [3.63, 3.8) is 0 Å². The average Bonchev–Trinajstić information content (AvgIpc) is 2.36. The molecule has 0 amide bonds. The van der Waals surface area contributed by atoms with Gasteiger partial charge >= 0.3 is 0 Å². The average molecular weight is 270 g/mol.